The molecule has 0 nitrogen and oxygen atoms in total. The number of rotatable bonds is 2. The Labute approximate surface area is 53.9 Å². The highest BCUT2D eigenvalue weighted by Crippen LogP contribution is 2.01. The molecule has 0 N–H and O–H groups in total. The molecule has 9 heavy (non-hydrogen) atoms. The molecule has 0 radical (unpaired) electrons. The van der Waals surface area contributed by atoms with Crippen molar-refractivity contribution in [2.45, 2.75) is 13.8 Å². The fourth-order valence-electron chi connectivity index (χ4n) is 0.494. The van der Waals surface area contributed by atoms with E-state index in [0.717, 1.165) is 0 Å². The van der Waals surface area contributed by atoms with Crippen molar-refractivity contribution in [3.05, 3.63) is 23.6 Å². The van der Waals surface area contributed by atoms with E-state index in [-0.39, 0.29) is 5.83 Å². The molecule has 0 aromatic heterocycles. The summed E-state index contributed by atoms with van der Waals surface area (Å²) in [6.45, 7) is 2.45. The molecule has 52 valence electrons. The van der Waals surface area contributed by atoms with Crippen LogP contribution in [0.1, 0.15) is 13.8 Å². The predicted octanol–water partition coefficient (Wildman–Crippen LogP) is 2.78. The first-order valence-corrected chi connectivity index (χ1v) is 2.73. The standard InChI is InChI=1S/C7H10F2/c1-6(3-4-8)5-7(2)9/h3,5H,4H2,1-2H3/b6-3-,7-5+. The SMILES string of the molecule is CC(=C/CF)/C=C(\C)F. The molecule has 0 unspecified atom stereocenters. The van der Waals surface area contributed by atoms with Gasteiger partial charge in [-0.3, -0.25) is 0 Å². The lowest BCUT2D eigenvalue weighted by molar-refractivity contribution is 0.560. The zero-order valence-corrected chi connectivity index (χ0v) is 5.62. The summed E-state index contributed by atoms with van der Waals surface area (Å²) in [5.41, 5.74) is 0.623. The maximum Gasteiger partial charge on any atom is 0.108 e. The molecule has 0 aliphatic heterocycles. The third-order valence-corrected chi connectivity index (χ3v) is 0.826. The normalized spacial score (nSPS) is 14.2. The maximum atomic E-state index is 12.0. The minimum absolute atomic E-state index is 0.294. The topological polar surface area (TPSA) is 0 Å². The van der Waals surface area contributed by atoms with Crippen LogP contribution in [-0.4, -0.2) is 6.67 Å². The Morgan fingerprint density at radius 2 is 2.00 bits per heavy atom. The van der Waals surface area contributed by atoms with Crippen molar-refractivity contribution in [1.82, 2.24) is 0 Å². The van der Waals surface area contributed by atoms with Crippen LogP contribution < -0.4 is 0 Å². The van der Waals surface area contributed by atoms with Crippen LogP contribution in [0, 0.1) is 0 Å². The lowest BCUT2D eigenvalue weighted by Crippen LogP contribution is -1.71. The van der Waals surface area contributed by atoms with Gasteiger partial charge in [0.15, 0.2) is 0 Å². The molecule has 0 bridgehead atoms. The summed E-state index contributed by atoms with van der Waals surface area (Å²) in [4.78, 5) is 0. The van der Waals surface area contributed by atoms with Gasteiger partial charge in [-0.1, -0.05) is 6.08 Å². The molecule has 0 rings (SSSR count). The van der Waals surface area contributed by atoms with E-state index in [1.54, 1.807) is 6.92 Å². The zero-order valence-electron chi connectivity index (χ0n) is 5.62. The lowest BCUT2D eigenvalue weighted by Gasteiger charge is -1.87. The first-order chi connectivity index (χ1) is 4.16. The van der Waals surface area contributed by atoms with Crippen LogP contribution in [0.2, 0.25) is 0 Å². The summed E-state index contributed by atoms with van der Waals surface area (Å²) in [5.74, 6) is -0.294. The van der Waals surface area contributed by atoms with Gasteiger partial charge in [-0.05, 0) is 25.5 Å². The van der Waals surface area contributed by atoms with Crippen molar-refractivity contribution in [1.29, 1.82) is 0 Å². The summed E-state index contributed by atoms with van der Waals surface area (Å²) in [6.07, 6.45) is 2.61. The van der Waals surface area contributed by atoms with Crippen molar-refractivity contribution < 1.29 is 8.78 Å². The molecule has 0 amide bonds. The predicted molar refractivity (Wildman–Crippen MR) is 34.6 cm³/mol. The minimum Gasteiger partial charge on any atom is -0.247 e. The van der Waals surface area contributed by atoms with Crippen LogP contribution in [0.25, 0.3) is 0 Å². The van der Waals surface area contributed by atoms with Crippen molar-refractivity contribution in [2.75, 3.05) is 6.67 Å². The van der Waals surface area contributed by atoms with Crippen LogP contribution in [0.3, 0.4) is 0 Å². The molecule has 0 aliphatic rings. The average Bonchev–Trinajstić information content (AvgIpc) is 1.63. The van der Waals surface area contributed by atoms with Gasteiger partial charge in [-0.2, -0.15) is 0 Å². The molecule has 0 fully saturated rings. The summed E-state index contributed by atoms with van der Waals surface area (Å²) in [6, 6.07) is 0. The molecule has 0 aromatic carbocycles. The van der Waals surface area contributed by atoms with E-state index in [9.17, 15) is 8.78 Å². The molecule has 0 spiro atoms. The van der Waals surface area contributed by atoms with Gasteiger partial charge in [-0.15, -0.1) is 0 Å². The van der Waals surface area contributed by atoms with Crippen LogP contribution in [0.15, 0.2) is 23.6 Å². The number of alkyl halides is 1. The number of hydrogen-bond donors (Lipinski definition) is 0. The van der Waals surface area contributed by atoms with Gasteiger partial charge in [0, 0.05) is 0 Å². The number of halogens is 2. The summed E-state index contributed by atoms with van der Waals surface area (Å²) in [5, 5.41) is 0. The molecule has 0 atom stereocenters. The summed E-state index contributed by atoms with van der Waals surface area (Å²) in [7, 11) is 0. The molecule has 2 heteroatoms. The Kier molecular flexibility index (Phi) is 3.93. The molecular formula is C7H10F2. The smallest absolute Gasteiger partial charge is 0.108 e. The van der Waals surface area contributed by atoms with Gasteiger partial charge >= 0.3 is 0 Å². The molecular weight excluding hydrogens is 122 g/mol. The largest absolute Gasteiger partial charge is 0.247 e. The Morgan fingerprint density at radius 3 is 2.33 bits per heavy atom. The monoisotopic (exact) mass is 132 g/mol. The van der Waals surface area contributed by atoms with Gasteiger partial charge in [0.1, 0.15) is 6.67 Å². The van der Waals surface area contributed by atoms with Gasteiger partial charge in [0.25, 0.3) is 0 Å². The van der Waals surface area contributed by atoms with Crippen molar-refractivity contribution in [3.63, 3.8) is 0 Å². The molecule has 0 heterocycles. The van der Waals surface area contributed by atoms with Crippen molar-refractivity contribution >= 4 is 0 Å². The van der Waals surface area contributed by atoms with E-state index < -0.39 is 6.67 Å². The second kappa shape index (κ2) is 4.24. The van der Waals surface area contributed by atoms with Crippen LogP contribution in [0.4, 0.5) is 8.78 Å². The van der Waals surface area contributed by atoms with Crippen molar-refractivity contribution in [2.24, 2.45) is 0 Å². The van der Waals surface area contributed by atoms with E-state index in [1.165, 1.54) is 19.1 Å². The first kappa shape index (κ1) is 8.34. The molecule has 0 saturated carbocycles. The third kappa shape index (κ3) is 5.21. The quantitative estimate of drug-likeness (QED) is 0.507. The van der Waals surface area contributed by atoms with Gasteiger partial charge in [-0.25, -0.2) is 8.78 Å². The molecule has 0 aromatic rings. The second-order valence-electron chi connectivity index (χ2n) is 1.83. The van der Waals surface area contributed by atoms with Gasteiger partial charge in [0.2, 0.25) is 0 Å². The van der Waals surface area contributed by atoms with E-state index in [2.05, 4.69) is 0 Å². The Morgan fingerprint density at radius 1 is 1.44 bits per heavy atom. The fraction of sp³-hybridized carbons (Fsp3) is 0.429. The highest BCUT2D eigenvalue weighted by Gasteiger charge is 1.83. The Bertz CT molecular complexity index is 130. The van der Waals surface area contributed by atoms with Crippen LogP contribution >= 0.6 is 0 Å². The van der Waals surface area contributed by atoms with E-state index in [4.69, 9.17) is 0 Å². The summed E-state index contributed by atoms with van der Waals surface area (Å²) >= 11 is 0. The Balaban J connectivity index is 3.90. The minimum atomic E-state index is -0.532. The molecule has 0 aliphatic carbocycles. The first-order valence-electron chi connectivity index (χ1n) is 2.73. The zero-order chi connectivity index (χ0) is 7.28. The van der Waals surface area contributed by atoms with Crippen LogP contribution in [0.5, 0.6) is 0 Å². The second-order valence-corrected chi connectivity index (χ2v) is 1.83. The maximum absolute atomic E-state index is 12.0. The fourth-order valence-corrected chi connectivity index (χ4v) is 0.494. The average molecular weight is 132 g/mol. The van der Waals surface area contributed by atoms with Gasteiger partial charge in [0.05, 0.1) is 5.83 Å². The summed E-state index contributed by atoms with van der Waals surface area (Å²) < 4.78 is 23.4. The van der Waals surface area contributed by atoms with Crippen molar-refractivity contribution in [3.8, 4) is 0 Å². The van der Waals surface area contributed by atoms with E-state index in [1.807, 2.05) is 0 Å². The van der Waals surface area contributed by atoms with Crippen LogP contribution in [-0.2, 0) is 0 Å². The van der Waals surface area contributed by atoms with Gasteiger partial charge < -0.3 is 0 Å². The van der Waals surface area contributed by atoms with E-state index in [0.29, 0.717) is 5.57 Å². The number of allylic oxidation sites excluding steroid dienone is 4. The highest BCUT2D eigenvalue weighted by molar-refractivity contribution is 5.17. The third-order valence-electron chi connectivity index (χ3n) is 0.826. The molecule has 0 saturated heterocycles. The highest BCUT2D eigenvalue weighted by atomic mass is 19.1. The number of hydrogen-bond acceptors (Lipinski definition) is 0. The van der Waals surface area contributed by atoms with E-state index >= 15 is 0 Å². The Hall–Kier alpha value is -0.660. The lowest BCUT2D eigenvalue weighted by atomic mass is 10.2.